The Labute approximate surface area is 86.1 Å². The van der Waals surface area contributed by atoms with Crippen LogP contribution in [0.3, 0.4) is 0 Å². The SMILES string of the molecule is CC1CCC(C)C(OCC(O)CO)C1. The minimum absolute atomic E-state index is 0.212. The van der Waals surface area contributed by atoms with E-state index < -0.39 is 6.10 Å². The van der Waals surface area contributed by atoms with Crippen molar-refractivity contribution in [3.8, 4) is 0 Å². The molecule has 1 saturated carbocycles. The summed E-state index contributed by atoms with van der Waals surface area (Å²) in [5.74, 6) is 1.31. The number of ether oxygens (including phenoxy) is 1. The highest BCUT2D eigenvalue weighted by molar-refractivity contribution is 4.76. The molecule has 4 unspecified atom stereocenters. The molecule has 84 valence electrons. The van der Waals surface area contributed by atoms with Crippen LogP contribution < -0.4 is 0 Å². The van der Waals surface area contributed by atoms with Gasteiger partial charge in [-0.1, -0.05) is 20.3 Å². The molecule has 0 radical (unpaired) electrons. The first-order chi connectivity index (χ1) is 6.63. The monoisotopic (exact) mass is 202 g/mol. The van der Waals surface area contributed by atoms with Gasteiger partial charge in [0, 0.05) is 0 Å². The average Bonchev–Trinajstić information content (AvgIpc) is 2.19. The van der Waals surface area contributed by atoms with Gasteiger partial charge >= 0.3 is 0 Å². The van der Waals surface area contributed by atoms with Crippen LogP contribution in [0.15, 0.2) is 0 Å². The van der Waals surface area contributed by atoms with E-state index in [2.05, 4.69) is 13.8 Å². The fraction of sp³-hybridized carbons (Fsp3) is 1.00. The number of rotatable bonds is 4. The van der Waals surface area contributed by atoms with E-state index in [0.29, 0.717) is 5.92 Å². The molecule has 1 rings (SSSR count). The first-order valence-corrected chi connectivity index (χ1v) is 5.54. The van der Waals surface area contributed by atoms with Gasteiger partial charge in [-0.05, 0) is 24.7 Å². The van der Waals surface area contributed by atoms with Gasteiger partial charge in [-0.2, -0.15) is 0 Å². The zero-order chi connectivity index (χ0) is 10.6. The van der Waals surface area contributed by atoms with Gasteiger partial charge in [-0.3, -0.25) is 0 Å². The molecule has 0 spiro atoms. The zero-order valence-electron chi connectivity index (χ0n) is 9.15. The van der Waals surface area contributed by atoms with Gasteiger partial charge < -0.3 is 14.9 Å². The van der Waals surface area contributed by atoms with Crippen molar-refractivity contribution >= 4 is 0 Å². The number of hydrogen-bond acceptors (Lipinski definition) is 3. The Balaban J connectivity index is 2.27. The lowest BCUT2D eigenvalue weighted by Gasteiger charge is -2.33. The third kappa shape index (κ3) is 3.56. The van der Waals surface area contributed by atoms with E-state index in [1.165, 1.54) is 12.8 Å². The zero-order valence-corrected chi connectivity index (χ0v) is 9.15. The van der Waals surface area contributed by atoms with Crippen LogP contribution in [-0.2, 0) is 4.74 Å². The van der Waals surface area contributed by atoms with Gasteiger partial charge in [0.1, 0.15) is 6.10 Å². The minimum Gasteiger partial charge on any atom is -0.394 e. The van der Waals surface area contributed by atoms with E-state index >= 15 is 0 Å². The maximum absolute atomic E-state index is 9.17. The molecule has 0 aromatic heterocycles. The molecule has 0 heterocycles. The van der Waals surface area contributed by atoms with E-state index in [9.17, 15) is 0 Å². The molecule has 0 aromatic rings. The second kappa shape index (κ2) is 5.69. The van der Waals surface area contributed by atoms with Crippen molar-refractivity contribution in [3.05, 3.63) is 0 Å². The highest BCUT2D eigenvalue weighted by Crippen LogP contribution is 2.30. The van der Waals surface area contributed by atoms with Gasteiger partial charge in [0.2, 0.25) is 0 Å². The van der Waals surface area contributed by atoms with Crippen LogP contribution in [0.1, 0.15) is 33.1 Å². The average molecular weight is 202 g/mol. The van der Waals surface area contributed by atoms with Gasteiger partial charge in [-0.25, -0.2) is 0 Å². The number of aliphatic hydroxyl groups is 2. The van der Waals surface area contributed by atoms with Crippen LogP contribution in [0.4, 0.5) is 0 Å². The standard InChI is InChI=1S/C11H22O3/c1-8-3-4-9(2)11(5-8)14-7-10(13)6-12/h8-13H,3-7H2,1-2H3. The Morgan fingerprint density at radius 2 is 2.07 bits per heavy atom. The van der Waals surface area contributed by atoms with Gasteiger partial charge in [-0.15, -0.1) is 0 Å². The van der Waals surface area contributed by atoms with Crippen LogP contribution in [0, 0.1) is 11.8 Å². The van der Waals surface area contributed by atoms with Crippen molar-refractivity contribution in [3.63, 3.8) is 0 Å². The maximum atomic E-state index is 9.17. The molecular formula is C11H22O3. The predicted molar refractivity (Wildman–Crippen MR) is 55.0 cm³/mol. The summed E-state index contributed by atoms with van der Waals surface area (Å²) in [6.07, 6.45) is 3.11. The Hall–Kier alpha value is -0.120. The molecule has 0 bridgehead atoms. The van der Waals surface area contributed by atoms with Crippen LogP contribution in [0.2, 0.25) is 0 Å². The Morgan fingerprint density at radius 1 is 1.36 bits per heavy atom. The third-order valence-corrected chi connectivity index (χ3v) is 3.10. The van der Waals surface area contributed by atoms with E-state index in [4.69, 9.17) is 14.9 Å². The number of aliphatic hydroxyl groups excluding tert-OH is 2. The van der Waals surface area contributed by atoms with Crippen molar-refractivity contribution < 1.29 is 14.9 Å². The van der Waals surface area contributed by atoms with Gasteiger partial charge in [0.15, 0.2) is 0 Å². The summed E-state index contributed by atoms with van der Waals surface area (Å²) in [6, 6.07) is 0. The first-order valence-electron chi connectivity index (χ1n) is 5.54. The second-order valence-corrected chi connectivity index (χ2v) is 4.60. The van der Waals surface area contributed by atoms with Gasteiger partial charge in [0.05, 0.1) is 19.3 Å². The summed E-state index contributed by atoms with van der Waals surface area (Å²) >= 11 is 0. The Morgan fingerprint density at radius 3 is 2.71 bits per heavy atom. The summed E-state index contributed by atoms with van der Waals surface area (Å²) in [4.78, 5) is 0. The highest BCUT2D eigenvalue weighted by atomic mass is 16.5. The first kappa shape index (κ1) is 12.0. The van der Waals surface area contributed by atoms with E-state index in [1.807, 2.05) is 0 Å². The summed E-state index contributed by atoms with van der Waals surface area (Å²) in [6.45, 7) is 4.49. The lowest BCUT2D eigenvalue weighted by molar-refractivity contribution is -0.0652. The molecule has 1 aliphatic rings. The predicted octanol–water partition coefficient (Wildman–Crippen LogP) is 1.18. The lowest BCUT2D eigenvalue weighted by atomic mass is 9.82. The lowest BCUT2D eigenvalue weighted by Crippen LogP contribution is -2.32. The fourth-order valence-electron chi connectivity index (χ4n) is 2.00. The third-order valence-electron chi connectivity index (χ3n) is 3.10. The van der Waals surface area contributed by atoms with Crippen LogP contribution in [-0.4, -0.2) is 35.6 Å². The molecule has 3 nitrogen and oxygen atoms in total. The largest absolute Gasteiger partial charge is 0.394 e. The molecule has 0 amide bonds. The summed E-state index contributed by atoms with van der Waals surface area (Å²) in [5.41, 5.74) is 0. The van der Waals surface area contributed by atoms with Crippen molar-refractivity contribution in [1.29, 1.82) is 0 Å². The van der Waals surface area contributed by atoms with Crippen molar-refractivity contribution in [2.24, 2.45) is 11.8 Å². The molecular weight excluding hydrogens is 180 g/mol. The molecule has 2 N–H and O–H groups in total. The van der Waals surface area contributed by atoms with E-state index in [1.54, 1.807) is 0 Å². The molecule has 0 aliphatic heterocycles. The van der Waals surface area contributed by atoms with E-state index in [0.717, 1.165) is 12.3 Å². The Kier molecular flexibility index (Phi) is 4.85. The summed E-state index contributed by atoms with van der Waals surface area (Å²) in [5, 5.41) is 17.8. The van der Waals surface area contributed by atoms with Crippen LogP contribution in [0.5, 0.6) is 0 Å². The van der Waals surface area contributed by atoms with Gasteiger partial charge in [0.25, 0.3) is 0 Å². The second-order valence-electron chi connectivity index (χ2n) is 4.60. The molecule has 1 fully saturated rings. The molecule has 0 aromatic carbocycles. The van der Waals surface area contributed by atoms with Crippen LogP contribution in [0.25, 0.3) is 0 Å². The van der Waals surface area contributed by atoms with Crippen molar-refractivity contribution in [1.82, 2.24) is 0 Å². The minimum atomic E-state index is -0.723. The smallest absolute Gasteiger partial charge is 0.100 e. The van der Waals surface area contributed by atoms with E-state index in [-0.39, 0.29) is 19.3 Å². The Bertz CT molecular complexity index is 161. The maximum Gasteiger partial charge on any atom is 0.100 e. The van der Waals surface area contributed by atoms with Crippen molar-refractivity contribution in [2.75, 3.05) is 13.2 Å². The molecule has 0 saturated heterocycles. The summed E-state index contributed by atoms with van der Waals surface area (Å²) < 4.78 is 5.61. The highest BCUT2D eigenvalue weighted by Gasteiger charge is 2.26. The van der Waals surface area contributed by atoms with Crippen molar-refractivity contribution in [2.45, 2.75) is 45.3 Å². The fourth-order valence-corrected chi connectivity index (χ4v) is 2.00. The topological polar surface area (TPSA) is 49.7 Å². The molecule has 1 aliphatic carbocycles. The molecule has 3 heteroatoms. The summed E-state index contributed by atoms with van der Waals surface area (Å²) in [7, 11) is 0. The quantitative estimate of drug-likeness (QED) is 0.719. The normalized spacial score (nSPS) is 35.6. The van der Waals surface area contributed by atoms with Crippen LogP contribution >= 0.6 is 0 Å². The molecule has 14 heavy (non-hydrogen) atoms. The number of hydrogen-bond donors (Lipinski definition) is 2. The molecule has 4 atom stereocenters.